The van der Waals surface area contributed by atoms with Crippen LogP contribution in [0.3, 0.4) is 0 Å². The SMILES string of the molecule is CCC1NC(=O)OC12CCCCC2. The molecule has 2 fully saturated rings. The lowest BCUT2D eigenvalue weighted by Crippen LogP contribution is -2.44. The van der Waals surface area contributed by atoms with E-state index in [0.717, 1.165) is 19.3 Å². The number of carbonyl (C=O) groups excluding carboxylic acids is 1. The number of alkyl carbamates (subject to hydrolysis) is 1. The second-order valence-electron chi connectivity index (χ2n) is 4.12. The Morgan fingerprint density at radius 1 is 1.46 bits per heavy atom. The predicted octanol–water partition coefficient (Wildman–Crippen LogP) is 2.21. The summed E-state index contributed by atoms with van der Waals surface area (Å²) in [6, 6.07) is 0.250. The van der Waals surface area contributed by atoms with Gasteiger partial charge >= 0.3 is 6.09 Å². The molecule has 0 bridgehead atoms. The van der Waals surface area contributed by atoms with Crippen molar-refractivity contribution < 1.29 is 9.53 Å². The highest BCUT2D eigenvalue weighted by Gasteiger charge is 2.48. The fourth-order valence-electron chi connectivity index (χ4n) is 2.63. The van der Waals surface area contributed by atoms with E-state index in [1.165, 1.54) is 19.3 Å². The maximum atomic E-state index is 11.2. The highest BCUT2D eigenvalue weighted by molar-refractivity contribution is 5.71. The van der Waals surface area contributed by atoms with Gasteiger partial charge in [0.05, 0.1) is 6.04 Å². The Hall–Kier alpha value is -0.730. The molecule has 1 saturated carbocycles. The van der Waals surface area contributed by atoms with Crippen molar-refractivity contribution in [2.24, 2.45) is 0 Å². The zero-order valence-corrected chi connectivity index (χ0v) is 8.14. The molecule has 1 heterocycles. The molecule has 0 radical (unpaired) electrons. The minimum Gasteiger partial charge on any atom is -0.441 e. The van der Waals surface area contributed by atoms with E-state index in [2.05, 4.69) is 12.2 Å². The first-order valence-electron chi connectivity index (χ1n) is 5.26. The van der Waals surface area contributed by atoms with Crippen molar-refractivity contribution in [3.8, 4) is 0 Å². The number of amides is 1. The van der Waals surface area contributed by atoms with Gasteiger partial charge in [0.1, 0.15) is 5.60 Å². The Morgan fingerprint density at radius 3 is 2.77 bits per heavy atom. The molecule has 0 aromatic heterocycles. The molecule has 0 aromatic rings. The van der Waals surface area contributed by atoms with Gasteiger partial charge in [0.15, 0.2) is 0 Å². The molecule has 3 heteroatoms. The molecular weight excluding hydrogens is 166 g/mol. The summed E-state index contributed by atoms with van der Waals surface area (Å²) in [4.78, 5) is 11.2. The highest BCUT2D eigenvalue weighted by Crippen LogP contribution is 2.38. The molecule has 1 N–H and O–H groups in total. The molecule has 1 saturated heterocycles. The van der Waals surface area contributed by atoms with Crippen LogP contribution in [0, 0.1) is 0 Å². The van der Waals surface area contributed by atoms with E-state index in [1.807, 2.05) is 0 Å². The van der Waals surface area contributed by atoms with Gasteiger partial charge in [-0.15, -0.1) is 0 Å². The fourth-order valence-corrected chi connectivity index (χ4v) is 2.63. The molecule has 2 rings (SSSR count). The Morgan fingerprint density at radius 2 is 2.15 bits per heavy atom. The summed E-state index contributed by atoms with van der Waals surface area (Å²) in [6.07, 6.45) is 6.54. The van der Waals surface area contributed by atoms with Crippen LogP contribution < -0.4 is 5.32 Å². The van der Waals surface area contributed by atoms with Gasteiger partial charge in [-0.1, -0.05) is 13.3 Å². The van der Waals surface area contributed by atoms with E-state index < -0.39 is 0 Å². The van der Waals surface area contributed by atoms with Gasteiger partial charge in [0.2, 0.25) is 0 Å². The molecule has 1 unspecified atom stereocenters. The van der Waals surface area contributed by atoms with Crippen molar-refractivity contribution in [2.45, 2.75) is 57.1 Å². The zero-order chi connectivity index (χ0) is 9.31. The normalized spacial score (nSPS) is 31.5. The summed E-state index contributed by atoms with van der Waals surface area (Å²) < 4.78 is 5.44. The number of nitrogens with one attached hydrogen (secondary N) is 1. The van der Waals surface area contributed by atoms with E-state index in [4.69, 9.17) is 4.74 Å². The van der Waals surface area contributed by atoms with Crippen LogP contribution in [0.5, 0.6) is 0 Å². The van der Waals surface area contributed by atoms with Crippen LogP contribution in [-0.4, -0.2) is 17.7 Å². The Labute approximate surface area is 78.8 Å². The average Bonchev–Trinajstić information content (AvgIpc) is 2.43. The van der Waals surface area contributed by atoms with Crippen LogP contribution in [0.2, 0.25) is 0 Å². The molecular formula is C10H17NO2. The van der Waals surface area contributed by atoms with E-state index in [-0.39, 0.29) is 17.7 Å². The molecule has 1 spiro atoms. The number of hydrogen-bond donors (Lipinski definition) is 1. The molecule has 1 aliphatic heterocycles. The smallest absolute Gasteiger partial charge is 0.408 e. The minimum atomic E-state index is -0.214. The van der Waals surface area contributed by atoms with Gasteiger partial charge < -0.3 is 10.1 Å². The number of ether oxygens (including phenoxy) is 1. The zero-order valence-electron chi connectivity index (χ0n) is 8.14. The molecule has 1 amide bonds. The standard InChI is InChI=1S/C10H17NO2/c1-2-8-10(13-9(12)11-8)6-4-3-5-7-10/h8H,2-7H2,1H3,(H,11,12). The molecule has 74 valence electrons. The summed E-state index contributed by atoms with van der Waals surface area (Å²) in [5.41, 5.74) is -0.149. The van der Waals surface area contributed by atoms with Crippen LogP contribution >= 0.6 is 0 Å². The van der Waals surface area contributed by atoms with Crippen LogP contribution in [0.1, 0.15) is 45.4 Å². The largest absolute Gasteiger partial charge is 0.441 e. The molecule has 1 aliphatic carbocycles. The number of hydrogen-bond acceptors (Lipinski definition) is 2. The third-order valence-corrected chi connectivity index (χ3v) is 3.33. The number of rotatable bonds is 1. The molecule has 0 aromatic carbocycles. The Balaban J connectivity index is 2.13. The van der Waals surface area contributed by atoms with Crippen molar-refractivity contribution in [3.05, 3.63) is 0 Å². The second kappa shape index (κ2) is 3.20. The Bertz CT molecular complexity index is 209. The van der Waals surface area contributed by atoms with Gasteiger partial charge in [0, 0.05) is 0 Å². The maximum Gasteiger partial charge on any atom is 0.408 e. The van der Waals surface area contributed by atoms with Gasteiger partial charge in [0.25, 0.3) is 0 Å². The van der Waals surface area contributed by atoms with Gasteiger partial charge in [-0.3, -0.25) is 0 Å². The molecule has 13 heavy (non-hydrogen) atoms. The topological polar surface area (TPSA) is 38.3 Å². The lowest BCUT2D eigenvalue weighted by molar-refractivity contribution is 0.00384. The van der Waals surface area contributed by atoms with Crippen molar-refractivity contribution in [2.75, 3.05) is 0 Å². The monoisotopic (exact) mass is 183 g/mol. The number of carbonyl (C=O) groups is 1. The third kappa shape index (κ3) is 1.40. The summed E-state index contributed by atoms with van der Waals surface area (Å²) in [7, 11) is 0. The predicted molar refractivity (Wildman–Crippen MR) is 49.5 cm³/mol. The summed E-state index contributed by atoms with van der Waals surface area (Å²) in [6.45, 7) is 2.11. The van der Waals surface area contributed by atoms with E-state index in [9.17, 15) is 4.79 Å². The summed E-state index contributed by atoms with van der Waals surface area (Å²) >= 11 is 0. The van der Waals surface area contributed by atoms with Gasteiger partial charge in [-0.25, -0.2) is 4.79 Å². The van der Waals surface area contributed by atoms with Crippen molar-refractivity contribution in [3.63, 3.8) is 0 Å². The first kappa shape index (κ1) is 8.85. The first-order valence-corrected chi connectivity index (χ1v) is 5.26. The first-order chi connectivity index (χ1) is 6.27. The average molecular weight is 183 g/mol. The van der Waals surface area contributed by atoms with Crippen molar-refractivity contribution in [1.29, 1.82) is 0 Å². The lowest BCUT2D eigenvalue weighted by Gasteiger charge is -2.35. The molecule has 2 aliphatic rings. The van der Waals surface area contributed by atoms with E-state index in [0.29, 0.717) is 0 Å². The maximum absolute atomic E-state index is 11.2. The second-order valence-corrected chi connectivity index (χ2v) is 4.12. The van der Waals surface area contributed by atoms with Gasteiger partial charge in [-0.2, -0.15) is 0 Å². The Kier molecular flexibility index (Phi) is 2.18. The quantitative estimate of drug-likeness (QED) is 0.676. The van der Waals surface area contributed by atoms with Gasteiger partial charge in [-0.05, 0) is 32.1 Å². The van der Waals surface area contributed by atoms with Crippen LogP contribution in [0.25, 0.3) is 0 Å². The summed E-state index contributed by atoms with van der Waals surface area (Å²) in [5, 5.41) is 2.90. The summed E-state index contributed by atoms with van der Waals surface area (Å²) in [5.74, 6) is 0. The van der Waals surface area contributed by atoms with Crippen LogP contribution in [0.4, 0.5) is 4.79 Å². The van der Waals surface area contributed by atoms with E-state index in [1.54, 1.807) is 0 Å². The molecule has 1 atom stereocenters. The minimum absolute atomic E-state index is 0.149. The van der Waals surface area contributed by atoms with Crippen molar-refractivity contribution in [1.82, 2.24) is 5.32 Å². The van der Waals surface area contributed by atoms with Crippen LogP contribution in [0.15, 0.2) is 0 Å². The highest BCUT2D eigenvalue weighted by atomic mass is 16.6. The van der Waals surface area contributed by atoms with Crippen LogP contribution in [-0.2, 0) is 4.74 Å². The van der Waals surface area contributed by atoms with Crippen molar-refractivity contribution >= 4 is 6.09 Å². The fraction of sp³-hybridized carbons (Fsp3) is 0.900. The molecule has 3 nitrogen and oxygen atoms in total. The lowest BCUT2D eigenvalue weighted by atomic mass is 9.79. The third-order valence-electron chi connectivity index (χ3n) is 3.33. The van der Waals surface area contributed by atoms with E-state index >= 15 is 0 Å².